The standard InChI is InChI=1S/C15H19FN2O5S/c1-10(15(22)17-6-7-23-8-14(20)21)24-9-13(19)18-12-4-2-11(16)3-5-12/h2-5,10H,6-9H2,1H3,(H,17,22)(H,18,19)(H,20,21). The molecule has 0 saturated carbocycles. The fourth-order valence-corrected chi connectivity index (χ4v) is 2.26. The highest BCUT2D eigenvalue weighted by atomic mass is 32.2. The number of carbonyl (C=O) groups excluding carboxylic acids is 2. The SMILES string of the molecule is CC(SCC(=O)Nc1ccc(F)cc1)C(=O)NCCOCC(=O)O. The van der Waals surface area contributed by atoms with Gasteiger partial charge in [0.15, 0.2) is 0 Å². The van der Waals surface area contributed by atoms with Crippen LogP contribution in [0, 0.1) is 5.82 Å². The van der Waals surface area contributed by atoms with Crippen molar-refractivity contribution in [2.45, 2.75) is 12.2 Å². The lowest BCUT2D eigenvalue weighted by Gasteiger charge is -2.12. The van der Waals surface area contributed by atoms with Crippen molar-refractivity contribution in [2.24, 2.45) is 0 Å². The molecule has 1 unspecified atom stereocenters. The molecule has 1 rings (SSSR count). The molecule has 24 heavy (non-hydrogen) atoms. The molecule has 0 aliphatic rings. The molecule has 1 aromatic carbocycles. The fraction of sp³-hybridized carbons (Fsp3) is 0.400. The van der Waals surface area contributed by atoms with Crippen molar-refractivity contribution in [1.82, 2.24) is 5.32 Å². The molecule has 0 spiro atoms. The molecule has 0 fully saturated rings. The first kappa shape index (κ1) is 19.9. The maximum Gasteiger partial charge on any atom is 0.329 e. The van der Waals surface area contributed by atoms with Crippen LogP contribution in [0.3, 0.4) is 0 Å². The Morgan fingerprint density at radius 3 is 2.58 bits per heavy atom. The first-order valence-electron chi connectivity index (χ1n) is 7.12. The molecule has 9 heteroatoms. The van der Waals surface area contributed by atoms with Gasteiger partial charge >= 0.3 is 5.97 Å². The zero-order valence-electron chi connectivity index (χ0n) is 13.1. The maximum absolute atomic E-state index is 12.8. The van der Waals surface area contributed by atoms with E-state index in [0.717, 1.165) is 11.8 Å². The van der Waals surface area contributed by atoms with Crippen molar-refractivity contribution < 1.29 is 28.6 Å². The first-order chi connectivity index (χ1) is 11.4. The Hall–Kier alpha value is -2.13. The number of carboxylic acids is 1. The number of rotatable bonds is 10. The highest BCUT2D eigenvalue weighted by Crippen LogP contribution is 2.13. The third-order valence-electron chi connectivity index (χ3n) is 2.73. The molecule has 132 valence electrons. The molecule has 0 aliphatic carbocycles. The minimum Gasteiger partial charge on any atom is -0.480 e. The third kappa shape index (κ3) is 8.49. The van der Waals surface area contributed by atoms with Gasteiger partial charge in [-0.25, -0.2) is 9.18 Å². The van der Waals surface area contributed by atoms with Crippen molar-refractivity contribution in [2.75, 3.05) is 30.8 Å². The maximum atomic E-state index is 12.8. The second kappa shape index (κ2) is 10.6. The van der Waals surface area contributed by atoms with Gasteiger partial charge < -0.3 is 20.5 Å². The minimum absolute atomic E-state index is 0.0709. The molecule has 0 saturated heterocycles. The molecule has 0 aliphatic heterocycles. The Labute approximate surface area is 142 Å². The molecule has 2 amide bonds. The van der Waals surface area contributed by atoms with Gasteiger partial charge in [-0.1, -0.05) is 0 Å². The molecule has 0 aromatic heterocycles. The summed E-state index contributed by atoms with van der Waals surface area (Å²) in [5.41, 5.74) is 0.481. The predicted octanol–water partition coefficient (Wildman–Crippen LogP) is 1.10. The summed E-state index contributed by atoms with van der Waals surface area (Å²) in [5, 5.41) is 13.1. The van der Waals surface area contributed by atoms with Crippen molar-refractivity contribution in [3.8, 4) is 0 Å². The van der Waals surface area contributed by atoms with Gasteiger partial charge in [-0.3, -0.25) is 9.59 Å². The lowest BCUT2D eigenvalue weighted by atomic mass is 10.3. The van der Waals surface area contributed by atoms with Crippen LogP contribution in [0.5, 0.6) is 0 Å². The summed E-state index contributed by atoms with van der Waals surface area (Å²) < 4.78 is 17.5. The first-order valence-corrected chi connectivity index (χ1v) is 8.17. The number of thioether (sulfide) groups is 1. The second-order valence-corrected chi connectivity index (χ2v) is 6.07. The van der Waals surface area contributed by atoms with Crippen LogP contribution >= 0.6 is 11.8 Å². The molecule has 1 aromatic rings. The number of aliphatic carboxylic acids is 1. The normalized spacial score (nSPS) is 11.6. The van der Waals surface area contributed by atoms with Gasteiger partial charge in [0.25, 0.3) is 0 Å². The highest BCUT2D eigenvalue weighted by Gasteiger charge is 2.15. The Morgan fingerprint density at radius 2 is 1.96 bits per heavy atom. The number of carbonyl (C=O) groups is 3. The van der Waals surface area contributed by atoms with Crippen LogP contribution in [-0.2, 0) is 19.1 Å². The summed E-state index contributed by atoms with van der Waals surface area (Å²) >= 11 is 1.15. The number of halogens is 1. The highest BCUT2D eigenvalue weighted by molar-refractivity contribution is 8.01. The average molecular weight is 358 g/mol. The van der Waals surface area contributed by atoms with Gasteiger partial charge in [-0.05, 0) is 31.2 Å². The van der Waals surface area contributed by atoms with Gasteiger partial charge in [0.1, 0.15) is 12.4 Å². The van der Waals surface area contributed by atoms with E-state index in [9.17, 15) is 18.8 Å². The number of hydrogen-bond acceptors (Lipinski definition) is 5. The van der Waals surface area contributed by atoms with Gasteiger partial charge in [0.2, 0.25) is 11.8 Å². The molecule has 0 radical (unpaired) electrons. The van der Waals surface area contributed by atoms with Gasteiger partial charge in [0, 0.05) is 12.2 Å². The summed E-state index contributed by atoms with van der Waals surface area (Å²) in [6, 6.07) is 5.38. The second-order valence-electron chi connectivity index (χ2n) is 4.75. The number of hydrogen-bond donors (Lipinski definition) is 3. The molecule has 0 bridgehead atoms. The molecule has 1 atom stereocenters. The molecular weight excluding hydrogens is 339 g/mol. The fourth-order valence-electron chi connectivity index (χ4n) is 1.56. The van der Waals surface area contributed by atoms with Crippen LogP contribution in [0.25, 0.3) is 0 Å². The number of amides is 2. The molecule has 0 heterocycles. The Balaban J connectivity index is 2.20. The summed E-state index contributed by atoms with van der Waals surface area (Å²) in [6.07, 6.45) is 0. The monoisotopic (exact) mass is 358 g/mol. The summed E-state index contributed by atoms with van der Waals surface area (Å²) in [5.74, 6) is -1.96. The Morgan fingerprint density at radius 1 is 1.29 bits per heavy atom. The number of nitrogens with one attached hydrogen (secondary N) is 2. The van der Waals surface area contributed by atoms with Crippen molar-refractivity contribution in [3.05, 3.63) is 30.1 Å². The lowest BCUT2D eigenvalue weighted by Crippen LogP contribution is -2.34. The van der Waals surface area contributed by atoms with Crippen LogP contribution in [0.15, 0.2) is 24.3 Å². The van der Waals surface area contributed by atoms with Crippen LogP contribution in [0.1, 0.15) is 6.92 Å². The summed E-state index contributed by atoms with van der Waals surface area (Å²) in [6.45, 7) is 1.53. The van der Waals surface area contributed by atoms with Crippen LogP contribution < -0.4 is 10.6 Å². The van der Waals surface area contributed by atoms with E-state index in [2.05, 4.69) is 10.6 Å². The number of ether oxygens (including phenoxy) is 1. The van der Waals surface area contributed by atoms with E-state index >= 15 is 0 Å². The van der Waals surface area contributed by atoms with E-state index in [1.165, 1.54) is 24.3 Å². The van der Waals surface area contributed by atoms with E-state index in [1.807, 2.05) is 0 Å². The summed E-state index contributed by atoms with van der Waals surface area (Å²) in [7, 11) is 0. The van der Waals surface area contributed by atoms with E-state index < -0.39 is 17.8 Å². The van der Waals surface area contributed by atoms with Gasteiger partial charge in [-0.15, -0.1) is 11.8 Å². The Kier molecular flexibility index (Phi) is 8.80. The largest absolute Gasteiger partial charge is 0.480 e. The zero-order chi connectivity index (χ0) is 17.9. The summed E-state index contributed by atoms with van der Waals surface area (Å²) in [4.78, 5) is 33.8. The van der Waals surface area contributed by atoms with E-state index in [1.54, 1.807) is 6.92 Å². The predicted molar refractivity (Wildman–Crippen MR) is 88.4 cm³/mol. The van der Waals surface area contributed by atoms with Crippen LogP contribution in [-0.4, -0.2) is 53.7 Å². The van der Waals surface area contributed by atoms with Crippen LogP contribution in [0.4, 0.5) is 10.1 Å². The van der Waals surface area contributed by atoms with Crippen molar-refractivity contribution in [1.29, 1.82) is 0 Å². The number of carboxylic acid groups (broad SMARTS) is 1. The van der Waals surface area contributed by atoms with Gasteiger partial charge in [-0.2, -0.15) is 0 Å². The molecule has 7 nitrogen and oxygen atoms in total. The third-order valence-corrected chi connectivity index (χ3v) is 3.88. The number of anilines is 1. The quantitative estimate of drug-likeness (QED) is 0.541. The van der Waals surface area contributed by atoms with E-state index in [4.69, 9.17) is 9.84 Å². The van der Waals surface area contributed by atoms with Crippen LogP contribution in [0.2, 0.25) is 0 Å². The van der Waals surface area contributed by atoms with E-state index in [0.29, 0.717) is 5.69 Å². The van der Waals surface area contributed by atoms with Crippen molar-refractivity contribution in [3.63, 3.8) is 0 Å². The topological polar surface area (TPSA) is 105 Å². The lowest BCUT2D eigenvalue weighted by molar-refractivity contribution is -0.142. The van der Waals surface area contributed by atoms with Crippen molar-refractivity contribution >= 4 is 35.2 Å². The van der Waals surface area contributed by atoms with Gasteiger partial charge in [0.05, 0.1) is 17.6 Å². The zero-order valence-corrected chi connectivity index (χ0v) is 13.9. The number of benzene rings is 1. The molecule has 3 N–H and O–H groups in total. The smallest absolute Gasteiger partial charge is 0.329 e. The average Bonchev–Trinajstić information content (AvgIpc) is 2.54. The molecular formula is C15H19FN2O5S. The minimum atomic E-state index is -1.07. The van der Waals surface area contributed by atoms with E-state index in [-0.39, 0.29) is 36.5 Å². The Bertz CT molecular complexity index is 567.